The number of benzene rings is 1. The van der Waals surface area contributed by atoms with Gasteiger partial charge in [-0.3, -0.25) is 9.52 Å². The monoisotopic (exact) mass is 462 g/mol. The van der Waals surface area contributed by atoms with Gasteiger partial charge in [-0.15, -0.1) is 11.3 Å². The van der Waals surface area contributed by atoms with Crippen LogP contribution in [-0.2, 0) is 16.6 Å². The third-order valence-corrected chi connectivity index (χ3v) is 7.17. The minimum Gasteiger partial charge on any atom is -0.478 e. The molecule has 1 aromatic carbocycles. The first-order valence-corrected chi connectivity index (χ1v) is 11.5. The number of hydrogen-bond donors (Lipinski definition) is 3. The van der Waals surface area contributed by atoms with Crippen LogP contribution in [0, 0.1) is 20.8 Å². The Kier molecular flexibility index (Phi) is 6.58. The molecule has 0 aliphatic heterocycles. The van der Waals surface area contributed by atoms with Crippen molar-refractivity contribution in [2.75, 3.05) is 17.1 Å². The van der Waals surface area contributed by atoms with E-state index in [0.29, 0.717) is 5.69 Å². The van der Waals surface area contributed by atoms with Gasteiger partial charge in [-0.1, -0.05) is 6.07 Å². The zero-order valence-corrected chi connectivity index (χ0v) is 19.0. The summed E-state index contributed by atoms with van der Waals surface area (Å²) in [6.45, 7) is 5.36. The van der Waals surface area contributed by atoms with Crippen LogP contribution in [0.5, 0.6) is 5.88 Å². The van der Waals surface area contributed by atoms with E-state index in [9.17, 15) is 18.3 Å². The molecule has 0 spiro atoms. The molecule has 11 heteroatoms. The molecule has 3 aromatic rings. The molecule has 0 radical (unpaired) electrons. The number of nitrogens with zero attached hydrogens (tertiary/aromatic N) is 2. The number of aromatic nitrogens is 2. The van der Waals surface area contributed by atoms with Crippen LogP contribution in [0.2, 0.25) is 0 Å². The average molecular weight is 463 g/mol. The number of hydrogen-bond acceptors (Lipinski definition) is 8. The van der Waals surface area contributed by atoms with Gasteiger partial charge in [0, 0.05) is 18.1 Å². The van der Waals surface area contributed by atoms with Gasteiger partial charge in [0.15, 0.2) is 0 Å². The number of thiophene rings is 1. The molecule has 3 rings (SSSR count). The Labute approximate surface area is 184 Å². The molecule has 0 bridgehead atoms. The molecule has 2 heterocycles. The molecule has 1 amide bonds. The van der Waals surface area contributed by atoms with Crippen molar-refractivity contribution in [1.82, 2.24) is 9.97 Å². The fourth-order valence-electron chi connectivity index (χ4n) is 3.23. The lowest BCUT2D eigenvalue weighted by atomic mass is 9.97. The van der Waals surface area contributed by atoms with Crippen molar-refractivity contribution >= 4 is 38.8 Å². The van der Waals surface area contributed by atoms with Crippen LogP contribution in [0.25, 0.3) is 0 Å². The molecular formula is C20H22N4O5S2. The predicted octanol–water partition coefficient (Wildman–Crippen LogP) is 3.02. The number of aliphatic hydroxyl groups is 1. The third kappa shape index (κ3) is 4.53. The van der Waals surface area contributed by atoms with Crippen molar-refractivity contribution < 1.29 is 23.1 Å². The summed E-state index contributed by atoms with van der Waals surface area (Å²) in [7, 11) is -2.79. The lowest BCUT2D eigenvalue weighted by Crippen LogP contribution is -2.20. The zero-order chi connectivity index (χ0) is 22.8. The molecule has 0 fully saturated rings. The number of ether oxygens (including phenoxy) is 1. The number of carbonyl (C=O) groups excluding carboxylic acids is 1. The van der Waals surface area contributed by atoms with Crippen LogP contribution < -0.4 is 14.8 Å². The molecule has 0 atom stereocenters. The zero-order valence-electron chi connectivity index (χ0n) is 17.4. The number of aryl methyl sites for hydroxylation is 2. The molecule has 3 N–H and O–H groups in total. The van der Waals surface area contributed by atoms with Crippen LogP contribution in [0.4, 0.5) is 11.5 Å². The second-order valence-electron chi connectivity index (χ2n) is 6.73. The van der Waals surface area contributed by atoms with Crippen molar-refractivity contribution in [3.05, 3.63) is 57.0 Å². The van der Waals surface area contributed by atoms with Crippen LogP contribution in [-0.4, -0.2) is 36.5 Å². The number of nitrogens with one attached hydrogen (secondary N) is 2. The van der Waals surface area contributed by atoms with Crippen LogP contribution in [0.1, 0.15) is 31.9 Å². The third-order valence-electron chi connectivity index (χ3n) is 4.74. The average Bonchev–Trinajstić information content (AvgIpc) is 3.22. The van der Waals surface area contributed by atoms with Gasteiger partial charge in [-0.25, -0.2) is 18.4 Å². The first-order valence-electron chi connectivity index (χ1n) is 9.16. The summed E-state index contributed by atoms with van der Waals surface area (Å²) in [4.78, 5) is 20.7. The van der Waals surface area contributed by atoms with Gasteiger partial charge in [0.1, 0.15) is 9.77 Å². The predicted molar refractivity (Wildman–Crippen MR) is 118 cm³/mol. The molecule has 0 saturated carbocycles. The topological polar surface area (TPSA) is 131 Å². The Balaban J connectivity index is 1.94. The van der Waals surface area contributed by atoms with E-state index in [1.165, 1.54) is 30.9 Å². The Morgan fingerprint density at radius 3 is 2.58 bits per heavy atom. The van der Waals surface area contributed by atoms with Gasteiger partial charge < -0.3 is 15.2 Å². The van der Waals surface area contributed by atoms with E-state index >= 15 is 0 Å². The molecule has 2 aromatic heterocycles. The quantitative estimate of drug-likeness (QED) is 0.492. The standard InChI is InChI=1S/C20H22N4O5S2/c1-11-9-12(2)16(13(3)14(11)10-25)23-19(26)17-15(5-8-30-17)31(27,28)24-18-20(29-4)22-7-6-21-18/h5-9,25H,10H2,1-4H3,(H,21,24)(H,23,26). The van der Waals surface area contributed by atoms with E-state index in [2.05, 4.69) is 20.0 Å². The van der Waals surface area contributed by atoms with Crippen molar-refractivity contribution in [2.45, 2.75) is 32.3 Å². The van der Waals surface area contributed by atoms with Gasteiger partial charge in [0.2, 0.25) is 5.82 Å². The van der Waals surface area contributed by atoms with E-state index in [0.717, 1.165) is 33.6 Å². The maximum absolute atomic E-state index is 13.0. The van der Waals surface area contributed by atoms with E-state index in [1.54, 1.807) is 6.92 Å². The minimum atomic E-state index is -4.13. The Bertz CT molecular complexity index is 1240. The largest absolute Gasteiger partial charge is 0.478 e. The summed E-state index contributed by atoms with van der Waals surface area (Å²) in [6, 6.07) is 3.21. The number of anilines is 2. The van der Waals surface area contributed by atoms with Crippen molar-refractivity contribution in [1.29, 1.82) is 0 Å². The fourth-order valence-corrected chi connectivity index (χ4v) is 5.56. The summed E-state index contributed by atoms with van der Waals surface area (Å²) >= 11 is 1.00. The van der Waals surface area contributed by atoms with E-state index in [-0.39, 0.29) is 28.1 Å². The number of aliphatic hydroxyl groups excluding tert-OH is 1. The first kappa shape index (κ1) is 22.7. The summed E-state index contributed by atoms with van der Waals surface area (Å²) in [5.41, 5.74) is 3.72. The van der Waals surface area contributed by atoms with Gasteiger partial charge in [0.05, 0.1) is 13.7 Å². The Hall–Kier alpha value is -3.02. The normalized spacial score (nSPS) is 11.3. The number of carbonyl (C=O) groups is 1. The molecule has 164 valence electrons. The molecule has 0 aliphatic carbocycles. The lowest BCUT2D eigenvalue weighted by Gasteiger charge is -2.17. The van der Waals surface area contributed by atoms with Crippen molar-refractivity contribution in [3.8, 4) is 5.88 Å². The number of sulfonamides is 1. The highest BCUT2D eigenvalue weighted by molar-refractivity contribution is 7.93. The molecular weight excluding hydrogens is 440 g/mol. The molecule has 9 nitrogen and oxygen atoms in total. The molecule has 0 aliphatic rings. The Morgan fingerprint density at radius 2 is 1.90 bits per heavy atom. The number of rotatable bonds is 7. The van der Waals surface area contributed by atoms with E-state index in [1.807, 2.05) is 19.9 Å². The van der Waals surface area contributed by atoms with Gasteiger partial charge in [0.25, 0.3) is 21.8 Å². The lowest BCUT2D eigenvalue weighted by molar-refractivity contribution is 0.102. The first-order chi connectivity index (χ1) is 14.7. The maximum atomic E-state index is 13.0. The maximum Gasteiger partial charge on any atom is 0.267 e. The highest BCUT2D eigenvalue weighted by Crippen LogP contribution is 2.30. The Morgan fingerprint density at radius 1 is 1.19 bits per heavy atom. The van der Waals surface area contributed by atoms with Crippen molar-refractivity contribution in [3.63, 3.8) is 0 Å². The molecule has 0 unspecified atom stereocenters. The summed E-state index contributed by atoms with van der Waals surface area (Å²) < 4.78 is 33.2. The van der Waals surface area contributed by atoms with E-state index in [4.69, 9.17) is 4.74 Å². The van der Waals surface area contributed by atoms with Crippen molar-refractivity contribution in [2.24, 2.45) is 0 Å². The number of amides is 1. The molecule has 0 saturated heterocycles. The molecule has 31 heavy (non-hydrogen) atoms. The van der Waals surface area contributed by atoms with Crippen LogP contribution >= 0.6 is 11.3 Å². The minimum absolute atomic E-state index is 0.00902. The van der Waals surface area contributed by atoms with Gasteiger partial charge in [-0.2, -0.15) is 0 Å². The SMILES string of the molecule is COc1nccnc1NS(=O)(=O)c1ccsc1C(=O)Nc1c(C)cc(C)c(CO)c1C. The number of methoxy groups -OCH3 is 1. The smallest absolute Gasteiger partial charge is 0.267 e. The summed E-state index contributed by atoms with van der Waals surface area (Å²) in [5.74, 6) is -0.643. The van der Waals surface area contributed by atoms with Gasteiger partial charge in [-0.05, 0) is 54.5 Å². The fraction of sp³-hybridized carbons (Fsp3) is 0.250. The van der Waals surface area contributed by atoms with Crippen LogP contribution in [0.15, 0.2) is 34.8 Å². The van der Waals surface area contributed by atoms with Gasteiger partial charge >= 0.3 is 0 Å². The summed E-state index contributed by atoms with van der Waals surface area (Å²) in [5, 5.41) is 14.0. The highest BCUT2D eigenvalue weighted by atomic mass is 32.2. The second-order valence-corrected chi connectivity index (χ2v) is 9.30. The summed E-state index contributed by atoms with van der Waals surface area (Å²) in [6.07, 6.45) is 2.69. The second kappa shape index (κ2) is 9.00. The van der Waals surface area contributed by atoms with Crippen LogP contribution in [0.3, 0.4) is 0 Å². The van der Waals surface area contributed by atoms with E-state index < -0.39 is 15.9 Å². The highest BCUT2D eigenvalue weighted by Gasteiger charge is 2.26.